The highest BCUT2D eigenvalue weighted by Gasteiger charge is 2.20. The lowest BCUT2D eigenvalue weighted by Gasteiger charge is -2.20. The molecule has 0 aliphatic carbocycles. The van der Waals surface area contributed by atoms with E-state index >= 15 is 0 Å². The van der Waals surface area contributed by atoms with Crippen LogP contribution in [-0.2, 0) is 9.68 Å². The van der Waals surface area contributed by atoms with Gasteiger partial charge >= 0.3 is 0 Å². The summed E-state index contributed by atoms with van der Waals surface area (Å²) in [4.78, 5) is 9.38. The third kappa shape index (κ3) is 4.31. The molecule has 0 fully saturated rings. The Kier molecular flexibility index (Phi) is 3.02. The third-order valence-electron chi connectivity index (χ3n) is 0.661. The van der Waals surface area contributed by atoms with E-state index in [0.29, 0.717) is 0 Å². The zero-order valence-corrected chi connectivity index (χ0v) is 6.00. The molecule has 0 unspecified atom stereocenters. The van der Waals surface area contributed by atoms with Gasteiger partial charge in [0.1, 0.15) is 18.2 Å². The van der Waals surface area contributed by atoms with E-state index in [1.807, 2.05) is 13.8 Å². The van der Waals surface area contributed by atoms with E-state index in [4.69, 9.17) is 16.5 Å². The van der Waals surface area contributed by atoms with Gasteiger partial charge in [-0.2, -0.15) is 0 Å². The monoisotopic (exact) mass is 136 g/mol. The largest absolute Gasteiger partial charge is 0.128 e. The van der Waals surface area contributed by atoms with Crippen LogP contribution in [0.2, 0.25) is 0 Å². The van der Waals surface area contributed by atoms with Crippen molar-refractivity contribution in [2.45, 2.75) is 20.0 Å². The number of hydrogen-bond acceptors (Lipinski definition) is 4. The van der Waals surface area contributed by atoms with E-state index < -0.39 is 5.03 Å². The van der Waals surface area contributed by atoms with Crippen LogP contribution in [0.15, 0.2) is 0 Å². The van der Waals surface area contributed by atoms with Gasteiger partial charge in [-0.25, -0.2) is 0 Å². The molecule has 56 valence electrons. The molecule has 0 bridgehead atoms. The van der Waals surface area contributed by atoms with Gasteiger partial charge in [-0.1, -0.05) is 11.7 Å². The molecule has 0 aromatic carbocycles. The minimum absolute atomic E-state index is 0.0556. The topological polar surface area (TPSA) is 70.5 Å². The van der Waals surface area contributed by atoms with Crippen molar-refractivity contribution in [3.63, 3.8) is 0 Å². The Morgan fingerprint density at radius 2 is 1.78 bits per heavy atom. The molecule has 0 saturated heterocycles. The maximum absolute atomic E-state index is 5.19. The maximum Gasteiger partial charge on any atom is 0.121 e. The van der Waals surface area contributed by atoms with Crippen molar-refractivity contribution in [1.29, 1.82) is 0 Å². The molecule has 0 aliphatic heterocycles. The first-order valence-electron chi connectivity index (χ1n) is 2.68. The first-order valence-corrected chi connectivity index (χ1v) is 2.68. The summed E-state index contributed by atoms with van der Waals surface area (Å²) in [5, 5.41) is -0.850. The van der Waals surface area contributed by atoms with E-state index in [1.54, 1.807) is 0 Å². The summed E-state index contributed by atoms with van der Waals surface area (Å²) in [6, 6.07) is 0. The second kappa shape index (κ2) is 3.09. The number of nitrogens with two attached hydrogens (primary N) is 2. The van der Waals surface area contributed by atoms with Gasteiger partial charge in [0.2, 0.25) is 0 Å². The van der Waals surface area contributed by atoms with Crippen molar-refractivity contribution in [2.24, 2.45) is 11.7 Å². The molecule has 0 aliphatic rings. The predicted octanol–water partition coefficient (Wildman–Crippen LogP) is -0.548. The van der Waals surface area contributed by atoms with Crippen LogP contribution >= 0.6 is 0 Å². The summed E-state index contributed by atoms with van der Waals surface area (Å²) in [7, 11) is 1.36. The zero-order valence-electron chi connectivity index (χ0n) is 6.00. The van der Waals surface area contributed by atoms with Crippen LogP contribution in [0.5, 0.6) is 0 Å². The molecular weight excluding hydrogens is 122 g/mol. The quantitative estimate of drug-likeness (QED) is 0.310. The summed E-state index contributed by atoms with van der Waals surface area (Å²) in [5.41, 5.74) is 0. The summed E-state index contributed by atoms with van der Waals surface area (Å²) in [6.07, 6.45) is -0.0556. The molecule has 0 aromatic rings. The number of nitrogens with zero attached hydrogens (tertiary/aromatic N) is 1. The Morgan fingerprint density at radius 3 is 1.89 bits per heavy atom. The van der Waals surface area contributed by atoms with Gasteiger partial charge in [0, 0.05) is 0 Å². The average Bonchev–Trinajstić information content (AvgIpc) is 1.63. The normalized spacial score (nSPS) is 12.7. The van der Waals surface area contributed by atoms with Crippen LogP contribution in [0.4, 0.5) is 0 Å². The first kappa shape index (κ1) is 8.80. The molecule has 0 heterocycles. The number of hydrogen-bond donors (Lipinski definition) is 2. The highest BCUT2D eigenvalue weighted by atomic mass is 17.0. The molecule has 4 N–H and O–H groups in total. The van der Waals surface area contributed by atoms with Gasteiger partial charge < -0.3 is 0 Å². The number of rotatable bonds is 3. The molecule has 0 aromatic heterocycles. The summed E-state index contributed by atoms with van der Waals surface area (Å²) >= 11 is 0. The molecule has 0 amide bonds. The Bertz CT molecular complexity index is 83.9. The van der Waals surface area contributed by atoms with Gasteiger partial charge in [0.15, 0.2) is 0 Å². The fourth-order valence-corrected chi connectivity index (χ4v) is 0.373. The second-order valence-electron chi connectivity index (χ2n) is 1.98. The predicted molar refractivity (Wildman–Crippen MR) is 31.9 cm³/mol. The molecule has 9 heavy (non-hydrogen) atoms. The molecule has 0 spiro atoms. The Hall–Kier alpha value is -0.200. The van der Waals surface area contributed by atoms with Crippen molar-refractivity contribution in [3.8, 4) is 0 Å². The van der Waals surface area contributed by atoms with E-state index in [1.165, 1.54) is 7.11 Å². The molecule has 5 nitrogen and oxygen atoms in total. The van der Waals surface area contributed by atoms with E-state index in [2.05, 4.69) is 4.84 Å². The molecule has 0 rings (SSSR count). The maximum atomic E-state index is 5.19. The molecule has 0 radical (unpaired) electrons. The minimum atomic E-state index is -0.850. The lowest BCUT2D eigenvalue weighted by atomic mass is 10.5. The molecule has 0 saturated carbocycles. The third-order valence-corrected chi connectivity index (χ3v) is 0.661. The molecule has 5 heteroatoms. The lowest BCUT2D eigenvalue weighted by Crippen LogP contribution is -2.60. The Labute approximate surface area is 54.6 Å². The summed E-state index contributed by atoms with van der Waals surface area (Å²) in [6.45, 7) is 3.62. The highest BCUT2D eigenvalue weighted by molar-refractivity contribution is 4.24. The van der Waals surface area contributed by atoms with Crippen molar-refractivity contribution in [1.82, 2.24) is 0 Å². The van der Waals surface area contributed by atoms with Gasteiger partial charge in [-0.05, 0) is 13.8 Å². The van der Waals surface area contributed by atoms with Crippen LogP contribution in [-0.4, -0.2) is 18.2 Å². The minimum Gasteiger partial charge on any atom is -0.128 e. The van der Waals surface area contributed by atoms with Crippen LogP contribution < -0.4 is 11.7 Å². The van der Waals surface area contributed by atoms with Crippen LogP contribution in [0.3, 0.4) is 0 Å². The fraction of sp³-hybridized carbons (Fsp3) is 1.00. The van der Waals surface area contributed by atoms with Crippen molar-refractivity contribution in [3.05, 3.63) is 0 Å². The van der Waals surface area contributed by atoms with Gasteiger partial charge in [0.25, 0.3) is 0 Å². The smallest absolute Gasteiger partial charge is 0.121 e. The highest BCUT2D eigenvalue weighted by Crippen LogP contribution is 1.95. The van der Waals surface area contributed by atoms with Gasteiger partial charge in [0.05, 0.1) is 0 Å². The zero-order chi connectivity index (χ0) is 7.49. The fourth-order valence-electron chi connectivity index (χ4n) is 0.373. The summed E-state index contributed by atoms with van der Waals surface area (Å²) in [5.74, 6) is 10.4. The molecule has 0 atom stereocenters. The van der Waals surface area contributed by atoms with Gasteiger partial charge in [-0.3, -0.25) is 0 Å². The van der Waals surface area contributed by atoms with E-state index in [-0.39, 0.29) is 6.10 Å². The molecular formula is C4H14N3O2+. The average molecular weight is 136 g/mol. The van der Waals surface area contributed by atoms with Gasteiger partial charge in [-0.15, -0.1) is 9.68 Å². The van der Waals surface area contributed by atoms with E-state index in [9.17, 15) is 0 Å². The van der Waals surface area contributed by atoms with Crippen LogP contribution in [0, 0.1) is 0 Å². The standard InChI is InChI=1S/C4H14N3O2/c1-4(2)9-7(5,6)8-3/h4H,5-6H2,1-3H3/q+1. The van der Waals surface area contributed by atoms with Crippen molar-refractivity contribution < 1.29 is 14.7 Å². The number of quaternary nitrogens is 1. The van der Waals surface area contributed by atoms with Crippen LogP contribution in [0.25, 0.3) is 0 Å². The lowest BCUT2D eigenvalue weighted by molar-refractivity contribution is -1.27. The Balaban J connectivity index is 3.58. The van der Waals surface area contributed by atoms with Crippen molar-refractivity contribution in [2.75, 3.05) is 7.11 Å². The SMILES string of the molecule is CO[N+](N)(N)OC(C)C. The second-order valence-corrected chi connectivity index (χ2v) is 1.98. The van der Waals surface area contributed by atoms with Crippen molar-refractivity contribution >= 4 is 0 Å². The summed E-state index contributed by atoms with van der Waals surface area (Å²) < 4.78 is 0. The van der Waals surface area contributed by atoms with E-state index in [0.717, 1.165) is 0 Å². The first-order chi connectivity index (χ1) is 3.98. The van der Waals surface area contributed by atoms with Crippen LogP contribution in [0.1, 0.15) is 13.8 Å². The Morgan fingerprint density at radius 1 is 1.33 bits per heavy atom.